The Balaban J connectivity index is 1.60. The summed E-state index contributed by atoms with van der Waals surface area (Å²) in [4.78, 5) is 28.6. The van der Waals surface area contributed by atoms with Gasteiger partial charge in [0.25, 0.3) is 0 Å². The van der Waals surface area contributed by atoms with Gasteiger partial charge in [0.15, 0.2) is 0 Å². The van der Waals surface area contributed by atoms with E-state index in [-0.39, 0.29) is 17.4 Å². The van der Waals surface area contributed by atoms with Gasteiger partial charge >= 0.3 is 6.09 Å². The molecular weight excluding hydrogens is 408 g/mol. The van der Waals surface area contributed by atoms with Crippen molar-refractivity contribution in [3.05, 3.63) is 34.3 Å². The highest BCUT2D eigenvalue weighted by molar-refractivity contribution is 9.10. The number of carbonyl (C=O) groups excluding carboxylic acids is 2. The van der Waals surface area contributed by atoms with Crippen LogP contribution in [-0.4, -0.2) is 47.0 Å². The molecule has 6 heteroatoms. The maximum absolute atomic E-state index is 12.5. The third-order valence-electron chi connectivity index (χ3n) is 5.51. The van der Waals surface area contributed by atoms with Crippen LogP contribution in [-0.2, 0) is 16.1 Å². The van der Waals surface area contributed by atoms with E-state index in [0.29, 0.717) is 26.1 Å². The maximum Gasteiger partial charge on any atom is 0.410 e. The summed E-state index contributed by atoms with van der Waals surface area (Å²) in [5.41, 5.74) is 0.807. The zero-order chi connectivity index (χ0) is 19.7. The Kier molecular flexibility index (Phi) is 5.84. The lowest BCUT2D eigenvalue weighted by atomic mass is 9.72. The van der Waals surface area contributed by atoms with Crippen LogP contribution < -0.4 is 0 Å². The molecule has 27 heavy (non-hydrogen) atoms. The molecule has 0 radical (unpaired) electrons. The van der Waals surface area contributed by atoms with E-state index in [1.165, 1.54) is 0 Å². The standard InChI is InChI=1S/C21H29BrN2O3/c1-20(2,3)27-19(26)23-12-10-21(11-13-23)9-8-18(25)24(15-21)14-16-4-6-17(22)7-5-16/h4-7H,8-15H2,1-3H3. The van der Waals surface area contributed by atoms with Crippen molar-refractivity contribution in [1.82, 2.24) is 9.80 Å². The average Bonchev–Trinajstić information content (AvgIpc) is 2.59. The lowest BCUT2D eigenvalue weighted by molar-refractivity contribution is -0.139. The number of ether oxygens (including phenoxy) is 1. The first kappa shape index (κ1) is 20.2. The molecule has 2 amide bonds. The van der Waals surface area contributed by atoms with Crippen LogP contribution in [0.1, 0.15) is 52.0 Å². The normalized spacial score (nSPS) is 20.1. The van der Waals surface area contributed by atoms with Gasteiger partial charge in [-0.1, -0.05) is 28.1 Å². The number of amides is 2. The first-order chi connectivity index (χ1) is 12.7. The summed E-state index contributed by atoms with van der Waals surface area (Å²) in [6.45, 7) is 8.52. The van der Waals surface area contributed by atoms with Crippen molar-refractivity contribution < 1.29 is 14.3 Å². The van der Waals surface area contributed by atoms with Crippen LogP contribution in [0.2, 0.25) is 0 Å². The second kappa shape index (κ2) is 7.82. The molecule has 3 rings (SSSR count). The Morgan fingerprint density at radius 2 is 1.78 bits per heavy atom. The zero-order valence-corrected chi connectivity index (χ0v) is 18.0. The molecule has 1 spiro atoms. The van der Waals surface area contributed by atoms with Crippen LogP contribution in [0.25, 0.3) is 0 Å². The number of hydrogen-bond acceptors (Lipinski definition) is 3. The SMILES string of the molecule is CC(C)(C)OC(=O)N1CCC2(CCC(=O)N(Cc3ccc(Br)cc3)C2)CC1. The molecule has 0 atom stereocenters. The molecule has 2 aliphatic rings. The maximum atomic E-state index is 12.5. The monoisotopic (exact) mass is 436 g/mol. The molecule has 2 heterocycles. The molecule has 0 aromatic heterocycles. The fraction of sp³-hybridized carbons (Fsp3) is 0.619. The van der Waals surface area contributed by atoms with Gasteiger partial charge in [-0.15, -0.1) is 0 Å². The Bertz CT molecular complexity index is 688. The molecule has 0 unspecified atom stereocenters. The number of halogens is 1. The molecule has 0 N–H and O–H groups in total. The van der Waals surface area contributed by atoms with E-state index in [4.69, 9.17) is 4.74 Å². The second-order valence-corrected chi connectivity index (χ2v) is 9.76. The second-order valence-electron chi connectivity index (χ2n) is 8.84. The van der Waals surface area contributed by atoms with Crippen LogP contribution in [0.3, 0.4) is 0 Å². The molecular formula is C21H29BrN2O3. The summed E-state index contributed by atoms with van der Waals surface area (Å²) in [6.07, 6.45) is 3.15. The summed E-state index contributed by atoms with van der Waals surface area (Å²) < 4.78 is 6.54. The minimum atomic E-state index is -0.467. The fourth-order valence-corrected chi connectivity index (χ4v) is 4.22. The zero-order valence-electron chi connectivity index (χ0n) is 16.5. The molecule has 1 aromatic carbocycles. The number of piperidine rings is 2. The van der Waals surface area contributed by atoms with Gasteiger partial charge < -0.3 is 14.5 Å². The van der Waals surface area contributed by atoms with Gasteiger partial charge in [0.1, 0.15) is 5.60 Å². The lowest BCUT2D eigenvalue weighted by Gasteiger charge is -2.47. The van der Waals surface area contributed by atoms with E-state index in [1.807, 2.05) is 42.7 Å². The number of benzene rings is 1. The number of rotatable bonds is 2. The molecule has 2 saturated heterocycles. The summed E-state index contributed by atoms with van der Waals surface area (Å²) in [6, 6.07) is 8.14. The predicted molar refractivity (Wildman–Crippen MR) is 108 cm³/mol. The highest BCUT2D eigenvalue weighted by Crippen LogP contribution is 2.40. The number of hydrogen-bond donors (Lipinski definition) is 0. The minimum absolute atomic E-state index is 0.127. The smallest absolute Gasteiger partial charge is 0.410 e. The predicted octanol–water partition coefficient (Wildman–Crippen LogP) is 4.59. The Morgan fingerprint density at radius 1 is 1.15 bits per heavy atom. The highest BCUT2D eigenvalue weighted by atomic mass is 79.9. The Hall–Kier alpha value is -1.56. The molecule has 2 fully saturated rings. The number of nitrogens with zero attached hydrogens (tertiary/aromatic N) is 2. The van der Waals surface area contributed by atoms with Crippen LogP contribution >= 0.6 is 15.9 Å². The average molecular weight is 437 g/mol. The number of likely N-dealkylation sites (tertiary alicyclic amines) is 2. The van der Waals surface area contributed by atoms with Crippen molar-refractivity contribution in [3.8, 4) is 0 Å². The van der Waals surface area contributed by atoms with E-state index in [2.05, 4.69) is 28.1 Å². The van der Waals surface area contributed by atoms with E-state index in [9.17, 15) is 9.59 Å². The summed E-state index contributed by atoms with van der Waals surface area (Å²) in [5, 5.41) is 0. The quantitative estimate of drug-likeness (QED) is 0.680. The molecule has 148 valence electrons. The minimum Gasteiger partial charge on any atom is -0.444 e. The van der Waals surface area contributed by atoms with Crippen molar-refractivity contribution in [1.29, 1.82) is 0 Å². The Morgan fingerprint density at radius 3 is 2.37 bits per heavy atom. The van der Waals surface area contributed by atoms with Gasteiger partial charge in [-0.05, 0) is 63.1 Å². The van der Waals surface area contributed by atoms with Crippen LogP contribution in [0.5, 0.6) is 0 Å². The summed E-state index contributed by atoms with van der Waals surface area (Å²) in [7, 11) is 0. The Labute approximate surface area is 170 Å². The molecule has 5 nitrogen and oxygen atoms in total. The van der Waals surface area contributed by atoms with Gasteiger partial charge in [0, 0.05) is 37.1 Å². The van der Waals surface area contributed by atoms with Crippen molar-refractivity contribution in [2.75, 3.05) is 19.6 Å². The van der Waals surface area contributed by atoms with E-state index in [1.54, 1.807) is 0 Å². The van der Waals surface area contributed by atoms with Gasteiger partial charge in [0.05, 0.1) is 0 Å². The van der Waals surface area contributed by atoms with E-state index in [0.717, 1.165) is 35.8 Å². The van der Waals surface area contributed by atoms with E-state index < -0.39 is 5.60 Å². The molecule has 0 aliphatic carbocycles. The van der Waals surface area contributed by atoms with Gasteiger partial charge in [-0.3, -0.25) is 4.79 Å². The summed E-state index contributed by atoms with van der Waals surface area (Å²) >= 11 is 3.45. The third kappa shape index (κ3) is 5.24. The van der Waals surface area contributed by atoms with Gasteiger partial charge in [-0.25, -0.2) is 4.79 Å². The molecule has 0 bridgehead atoms. The first-order valence-electron chi connectivity index (χ1n) is 9.66. The highest BCUT2D eigenvalue weighted by Gasteiger charge is 2.42. The van der Waals surface area contributed by atoms with Gasteiger partial charge in [0.2, 0.25) is 5.91 Å². The lowest BCUT2D eigenvalue weighted by Crippen LogP contribution is -2.52. The largest absolute Gasteiger partial charge is 0.444 e. The topological polar surface area (TPSA) is 49.9 Å². The van der Waals surface area contributed by atoms with Crippen LogP contribution in [0, 0.1) is 5.41 Å². The van der Waals surface area contributed by atoms with Crippen molar-refractivity contribution >= 4 is 27.9 Å². The summed E-state index contributed by atoms with van der Waals surface area (Å²) in [5.74, 6) is 0.234. The van der Waals surface area contributed by atoms with Crippen molar-refractivity contribution in [3.63, 3.8) is 0 Å². The third-order valence-corrected chi connectivity index (χ3v) is 6.04. The fourth-order valence-electron chi connectivity index (χ4n) is 3.95. The van der Waals surface area contributed by atoms with E-state index >= 15 is 0 Å². The van der Waals surface area contributed by atoms with Crippen molar-refractivity contribution in [2.45, 2.75) is 58.6 Å². The molecule has 2 aliphatic heterocycles. The number of carbonyl (C=O) groups is 2. The van der Waals surface area contributed by atoms with Gasteiger partial charge in [-0.2, -0.15) is 0 Å². The van der Waals surface area contributed by atoms with Crippen LogP contribution in [0.4, 0.5) is 4.79 Å². The van der Waals surface area contributed by atoms with Crippen LogP contribution in [0.15, 0.2) is 28.7 Å². The first-order valence-corrected chi connectivity index (χ1v) is 10.5. The van der Waals surface area contributed by atoms with Crippen molar-refractivity contribution in [2.24, 2.45) is 5.41 Å². The molecule has 0 saturated carbocycles. The molecule has 1 aromatic rings.